The van der Waals surface area contributed by atoms with Gasteiger partial charge in [-0.3, -0.25) is 0 Å². The van der Waals surface area contributed by atoms with Crippen molar-refractivity contribution < 1.29 is 4.74 Å². The normalized spacial score (nSPS) is 10.7. The maximum Gasteiger partial charge on any atom is 0.130 e. The first-order chi connectivity index (χ1) is 8.84. The van der Waals surface area contributed by atoms with E-state index < -0.39 is 0 Å². The van der Waals surface area contributed by atoms with Crippen molar-refractivity contribution in [2.75, 3.05) is 0 Å². The lowest BCUT2D eigenvalue weighted by Crippen LogP contribution is -2.01. The summed E-state index contributed by atoms with van der Waals surface area (Å²) in [6.45, 7) is 0.532. The average molecular weight is 238 g/mol. The van der Waals surface area contributed by atoms with Gasteiger partial charge in [-0.2, -0.15) is 0 Å². The highest BCUT2D eigenvalue weighted by Crippen LogP contribution is 2.25. The Balaban J connectivity index is 1.89. The van der Waals surface area contributed by atoms with Crippen LogP contribution >= 0.6 is 0 Å². The molecule has 0 aliphatic carbocycles. The number of hydrogen-bond acceptors (Lipinski definition) is 2. The molecule has 0 spiro atoms. The zero-order valence-corrected chi connectivity index (χ0v) is 10.2. The molecule has 0 aliphatic heterocycles. The van der Waals surface area contributed by atoms with E-state index in [0.29, 0.717) is 6.61 Å². The summed E-state index contributed by atoms with van der Waals surface area (Å²) < 4.78 is 7.85. The molecule has 0 aliphatic rings. The zero-order valence-electron chi connectivity index (χ0n) is 10.2. The highest BCUT2D eigenvalue weighted by molar-refractivity contribution is 5.88. The number of nitrogens with zero attached hydrogens (tertiary/aromatic N) is 2. The van der Waals surface area contributed by atoms with Crippen molar-refractivity contribution in [3.63, 3.8) is 0 Å². The number of rotatable bonds is 3. The lowest BCUT2D eigenvalue weighted by atomic mass is 10.1. The molecule has 0 atom stereocenters. The van der Waals surface area contributed by atoms with Crippen LogP contribution in [0, 0.1) is 0 Å². The van der Waals surface area contributed by atoms with Gasteiger partial charge in [0.1, 0.15) is 12.4 Å². The molecule has 3 nitrogen and oxygen atoms in total. The third-order valence-electron chi connectivity index (χ3n) is 3.04. The van der Waals surface area contributed by atoms with Gasteiger partial charge in [-0.1, -0.05) is 36.4 Å². The van der Waals surface area contributed by atoms with Crippen molar-refractivity contribution in [2.24, 2.45) is 7.05 Å². The standard InChI is InChI=1S/C15H14N2O/c1-17-11-16-9-13(17)10-18-15-8-4-6-12-5-2-3-7-14(12)15/h2-9,11H,10H2,1H3. The molecule has 0 saturated heterocycles. The van der Waals surface area contributed by atoms with E-state index in [-0.39, 0.29) is 0 Å². The smallest absolute Gasteiger partial charge is 0.130 e. The number of fused-ring (bicyclic) bond motifs is 1. The molecule has 0 amide bonds. The number of ether oxygens (including phenoxy) is 1. The van der Waals surface area contributed by atoms with Crippen molar-refractivity contribution in [1.29, 1.82) is 0 Å². The minimum absolute atomic E-state index is 0.532. The highest BCUT2D eigenvalue weighted by Gasteiger charge is 2.03. The summed E-state index contributed by atoms with van der Waals surface area (Å²) in [5, 5.41) is 2.34. The molecule has 1 heterocycles. The second kappa shape index (κ2) is 4.53. The Morgan fingerprint density at radius 3 is 2.78 bits per heavy atom. The van der Waals surface area contributed by atoms with Gasteiger partial charge in [0.25, 0.3) is 0 Å². The number of hydrogen-bond donors (Lipinski definition) is 0. The van der Waals surface area contributed by atoms with Crippen molar-refractivity contribution in [3.8, 4) is 5.75 Å². The quantitative estimate of drug-likeness (QED) is 0.701. The summed E-state index contributed by atoms with van der Waals surface area (Å²) in [6.07, 6.45) is 3.60. The second-order valence-electron chi connectivity index (χ2n) is 4.26. The summed E-state index contributed by atoms with van der Waals surface area (Å²) in [5.41, 5.74) is 1.06. The van der Waals surface area contributed by atoms with E-state index in [9.17, 15) is 0 Å². The molecule has 2 aromatic carbocycles. The zero-order chi connectivity index (χ0) is 12.4. The summed E-state index contributed by atoms with van der Waals surface area (Å²) in [7, 11) is 1.97. The minimum Gasteiger partial charge on any atom is -0.487 e. The fourth-order valence-corrected chi connectivity index (χ4v) is 2.00. The number of imidazole rings is 1. The molecule has 90 valence electrons. The molecule has 0 radical (unpaired) electrons. The van der Waals surface area contributed by atoms with Crippen molar-refractivity contribution in [2.45, 2.75) is 6.61 Å². The number of aromatic nitrogens is 2. The van der Waals surface area contributed by atoms with Crippen LogP contribution in [0.1, 0.15) is 5.69 Å². The fraction of sp³-hybridized carbons (Fsp3) is 0.133. The van der Waals surface area contributed by atoms with Crippen LogP contribution in [0.5, 0.6) is 5.75 Å². The Morgan fingerprint density at radius 1 is 1.11 bits per heavy atom. The Bertz CT molecular complexity index is 668. The molecule has 1 aromatic heterocycles. The van der Waals surface area contributed by atoms with E-state index in [1.165, 1.54) is 5.39 Å². The maximum atomic E-state index is 5.88. The molecule has 0 bridgehead atoms. The van der Waals surface area contributed by atoms with E-state index in [1.807, 2.05) is 42.1 Å². The molecule has 0 N–H and O–H groups in total. The lowest BCUT2D eigenvalue weighted by molar-refractivity contribution is 0.301. The second-order valence-corrected chi connectivity index (χ2v) is 4.26. The van der Waals surface area contributed by atoms with Gasteiger partial charge in [-0.25, -0.2) is 4.98 Å². The van der Waals surface area contributed by atoms with Crippen LogP contribution in [-0.4, -0.2) is 9.55 Å². The fourth-order valence-electron chi connectivity index (χ4n) is 2.00. The summed E-state index contributed by atoms with van der Waals surface area (Å²) >= 11 is 0. The largest absolute Gasteiger partial charge is 0.487 e. The monoisotopic (exact) mass is 238 g/mol. The molecule has 3 heteroatoms. The van der Waals surface area contributed by atoms with Gasteiger partial charge in [0.05, 0.1) is 18.2 Å². The van der Waals surface area contributed by atoms with Crippen molar-refractivity contribution in [1.82, 2.24) is 9.55 Å². The number of aryl methyl sites for hydroxylation is 1. The van der Waals surface area contributed by atoms with Gasteiger partial charge in [0.15, 0.2) is 0 Å². The van der Waals surface area contributed by atoms with Gasteiger partial charge in [0, 0.05) is 12.4 Å². The van der Waals surface area contributed by atoms with E-state index in [2.05, 4.69) is 23.2 Å². The Hall–Kier alpha value is -2.29. The predicted octanol–water partition coefficient (Wildman–Crippen LogP) is 3.15. The Morgan fingerprint density at radius 2 is 1.94 bits per heavy atom. The first-order valence-electron chi connectivity index (χ1n) is 5.90. The van der Waals surface area contributed by atoms with E-state index in [1.54, 1.807) is 6.33 Å². The topological polar surface area (TPSA) is 27.1 Å². The first-order valence-corrected chi connectivity index (χ1v) is 5.90. The van der Waals surface area contributed by atoms with Crippen LogP contribution in [0.3, 0.4) is 0 Å². The number of benzene rings is 2. The maximum absolute atomic E-state index is 5.88. The Kier molecular flexibility index (Phi) is 2.73. The molecule has 3 aromatic rings. The molecule has 18 heavy (non-hydrogen) atoms. The average Bonchev–Trinajstić information content (AvgIpc) is 2.82. The van der Waals surface area contributed by atoms with Gasteiger partial charge < -0.3 is 9.30 Å². The van der Waals surface area contributed by atoms with E-state index in [0.717, 1.165) is 16.8 Å². The lowest BCUT2D eigenvalue weighted by Gasteiger charge is -2.09. The van der Waals surface area contributed by atoms with Gasteiger partial charge in [-0.05, 0) is 11.5 Å². The third kappa shape index (κ3) is 1.95. The van der Waals surface area contributed by atoms with Crippen LogP contribution in [-0.2, 0) is 13.7 Å². The third-order valence-corrected chi connectivity index (χ3v) is 3.04. The SMILES string of the molecule is Cn1cncc1COc1cccc2ccccc12. The van der Waals surface area contributed by atoms with Crippen LogP contribution in [0.15, 0.2) is 55.0 Å². The van der Waals surface area contributed by atoms with E-state index in [4.69, 9.17) is 4.74 Å². The molecular formula is C15H14N2O. The molecule has 0 fully saturated rings. The molecular weight excluding hydrogens is 224 g/mol. The summed E-state index contributed by atoms with van der Waals surface area (Å²) in [4.78, 5) is 4.08. The van der Waals surface area contributed by atoms with Gasteiger partial charge >= 0.3 is 0 Å². The highest BCUT2D eigenvalue weighted by atomic mass is 16.5. The van der Waals surface area contributed by atoms with Crippen molar-refractivity contribution >= 4 is 10.8 Å². The first kappa shape index (κ1) is 10.8. The molecule has 3 rings (SSSR count). The van der Waals surface area contributed by atoms with E-state index >= 15 is 0 Å². The van der Waals surface area contributed by atoms with Crippen LogP contribution in [0.4, 0.5) is 0 Å². The summed E-state index contributed by atoms with van der Waals surface area (Å²) in [5.74, 6) is 0.911. The molecule has 0 saturated carbocycles. The van der Waals surface area contributed by atoms with Gasteiger partial charge in [-0.15, -0.1) is 0 Å². The molecule has 0 unspecified atom stereocenters. The van der Waals surface area contributed by atoms with Crippen LogP contribution in [0.2, 0.25) is 0 Å². The van der Waals surface area contributed by atoms with Gasteiger partial charge in [0.2, 0.25) is 0 Å². The Labute approximate surface area is 106 Å². The van der Waals surface area contributed by atoms with Crippen LogP contribution in [0.25, 0.3) is 10.8 Å². The summed E-state index contributed by atoms with van der Waals surface area (Å²) in [6, 6.07) is 14.3. The van der Waals surface area contributed by atoms with Crippen LogP contribution < -0.4 is 4.74 Å². The predicted molar refractivity (Wildman–Crippen MR) is 71.5 cm³/mol. The van der Waals surface area contributed by atoms with Crippen molar-refractivity contribution in [3.05, 3.63) is 60.7 Å². The minimum atomic E-state index is 0.532.